The number of nitrogens with one attached hydrogen (secondary N) is 4. The molecule has 2 saturated heterocycles. The number of imidazole rings is 2. The highest BCUT2D eigenvalue weighted by atomic mass is 16.5. The van der Waals surface area contributed by atoms with Crippen LogP contribution < -0.4 is 10.6 Å². The Morgan fingerprint density at radius 1 is 0.712 bits per heavy atom. The van der Waals surface area contributed by atoms with Gasteiger partial charge in [-0.2, -0.15) is 0 Å². The molecule has 14 nitrogen and oxygen atoms in total. The molecule has 2 fully saturated rings. The maximum absolute atomic E-state index is 13.5. The van der Waals surface area contributed by atoms with Crippen LogP contribution in [-0.2, 0) is 19.1 Å². The molecule has 0 bridgehead atoms. The molecule has 0 aliphatic carbocycles. The lowest BCUT2D eigenvalue weighted by Gasteiger charge is -2.29. The summed E-state index contributed by atoms with van der Waals surface area (Å²) in [5.74, 6) is 7.38. The van der Waals surface area contributed by atoms with Gasteiger partial charge in [0.1, 0.15) is 23.7 Å². The fourth-order valence-electron chi connectivity index (χ4n) is 7.06. The topological polar surface area (TPSA) is 175 Å². The number of nitrogens with zero attached hydrogens (tertiary/aromatic N) is 4. The first kappa shape index (κ1) is 36.2. The quantitative estimate of drug-likeness (QED) is 0.186. The number of benzene rings is 2. The summed E-state index contributed by atoms with van der Waals surface area (Å²) in [4.78, 5) is 71.0. The summed E-state index contributed by atoms with van der Waals surface area (Å²) in [5.41, 5.74) is 4.80. The van der Waals surface area contributed by atoms with Gasteiger partial charge in [-0.3, -0.25) is 9.59 Å². The van der Waals surface area contributed by atoms with Gasteiger partial charge < -0.3 is 39.9 Å². The largest absolute Gasteiger partial charge is 0.453 e. The van der Waals surface area contributed by atoms with Gasteiger partial charge in [0.05, 0.1) is 48.4 Å². The Bertz CT molecular complexity index is 1900. The molecule has 2 aromatic heterocycles. The average Bonchev–Trinajstić information content (AvgIpc) is 3.95. The van der Waals surface area contributed by atoms with E-state index in [2.05, 4.69) is 32.4 Å². The number of likely N-dealkylation sites (tertiary alicyclic amines) is 2. The Labute approximate surface area is 302 Å². The van der Waals surface area contributed by atoms with Crippen molar-refractivity contribution in [3.63, 3.8) is 0 Å². The van der Waals surface area contributed by atoms with Crippen molar-refractivity contribution in [2.75, 3.05) is 27.3 Å². The molecule has 0 saturated carbocycles. The molecule has 4 heterocycles. The van der Waals surface area contributed by atoms with Crippen molar-refractivity contribution < 1.29 is 28.7 Å². The third-order valence-electron chi connectivity index (χ3n) is 9.84. The number of aromatic amines is 2. The summed E-state index contributed by atoms with van der Waals surface area (Å²) in [6.45, 7) is 8.73. The predicted octanol–water partition coefficient (Wildman–Crippen LogP) is 4.93. The Hall–Kier alpha value is -5.58. The van der Waals surface area contributed by atoms with Gasteiger partial charge in [-0.05, 0) is 73.9 Å². The molecule has 2 aliphatic heterocycles. The van der Waals surface area contributed by atoms with Crippen molar-refractivity contribution in [1.29, 1.82) is 0 Å². The van der Waals surface area contributed by atoms with Crippen LogP contribution in [-0.4, -0.2) is 93.1 Å². The number of aromatic nitrogens is 4. The Morgan fingerprint density at radius 3 is 1.48 bits per heavy atom. The van der Waals surface area contributed by atoms with Crippen LogP contribution >= 0.6 is 0 Å². The van der Waals surface area contributed by atoms with Crippen LogP contribution in [0.2, 0.25) is 0 Å². The monoisotopic (exact) mass is 710 g/mol. The fourth-order valence-corrected chi connectivity index (χ4v) is 7.06. The number of rotatable bonds is 8. The lowest BCUT2D eigenvalue weighted by atomic mass is 10.0. The molecule has 14 heteroatoms. The summed E-state index contributed by atoms with van der Waals surface area (Å²) in [7, 11) is 2.57. The Kier molecular flexibility index (Phi) is 10.7. The zero-order chi connectivity index (χ0) is 37.1. The van der Waals surface area contributed by atoms with Gasteiger partial charge in [-0.25, -0.2) is 19.6 Å². The van der Waals surface area contributed by atoms with Crippen LogP contribution in [0.25, 0.3) is 22.1 Å². The number of hydrogen-bond donors (Lipinski definition) is 4. The van der Waals surface area contributed by atoms with Gasteiger partial charge >= 0.3 is 12.2 Å². The van der Waals surface area contributed by atoms with Gasteiger partial charge in [0.25, 0.3) is 0 Å². The van der Waals surface area contributed by atoms with Crippen molar-refractivity contribution in [2.45, 2.75) is 77.5 Å². The molecule has 0 spiro atoms. The van der Waals surface area contributed by atoms with E-state index < -0.39 is 24.3 Å². The number of fused-ring (bicyclic) bond motifs is 2. The maximum atomic E-state index is 13.5. The van der Waals surface area contributed by atoms with Crippen LogP contribution in [0, 0.1) is 23.7 Å². The van der Waals surface area contributed by atoms with Crippen molar-refractivity contribution in [3.05, 3.63) is 59.2 Å². The molecule has 274 valence electrons. The fraction of sp³-hybridized carbons (Fsp3) is 0.474. The van der Waals surface area contributed by atoms with Crippen molar-refractivity contribution in [1.82, 2.24) is 40.4 Å². The number of H-pyrrole nitrogens is 2. The number of alkyl carbamates (subject to hydrolysis) is 2. The van der Waals surface area contributed by atoms with Crippen LogP contribution in [0.15, 0.2) is 36.4 Å². The van der Waals surface area contributed by atoms with Crippen molar-refractivity contribution in [2.24, 2.45) is 11.8 Å². The van der Waals surface area contributed by atoms with E-state index in [0.717, 1.165) is 58.9 Å². The van der Waals surface area contributed by atoms with E-state index >= 15 is 0 Å². The molecule has 2 aliphatic rings. The molecule has 0 radical (unpaired) electrons. The molecule has 6 rings (SSSR count). The minimum Gasteiger partial charge on any atom is -0.453 e. The third kappa shape index (κ3) is 7.54. The predicted molar refractivity (Wildman–Crippen MR) is 194 cm³/mol. The van der Waals surface area contributed by atoms with Gasteiger partial charge in [-0.15, -0.1) is 0 Å². The Morgan fingerprint density at radius 2 is 1.12 bits per heavy atom. The van der Waals surface area contributed by atoms with E-state index in [1.165, 1.54) is 14.2 Å². The van der Waals surface area contributed by atoms with Crippen LogP contribution in [0.4, 0.5) is 9.59 Å². The molecule has 1 unspecified atom stereocenters. The normalized spacial score (nSPS) is 18.4. The summed E-state index contributed by atoms with van der Waals surface area (Å²) in [6, 6.07) is 9.71. The van der Waals surface area contributed by atoms with Crippen molar-refractivity contribution >= 4 is 46.1 Å². The molecule has 4 amide bonds. The smallest absolute Gasteiger partial charge is 0.407 e. The van der Waals surface area contributed by atoms with Crippen LogP contribution in [0.1, 0.15) is 88.2 Å². The number of hydrogen-bond acceptors (Lipinski definition) is 8. The zero-order valence-corrected chi connectivity index (χ0v) is 30.4. The zero-order valence-electron chi connectivity index (χ0n) is 30.4. The van der Waals surface area contributed by atoms with Gasteiger partial charge in [-0.1, -0.05) is 39.5 Å². The maximum Gasteiger partial charge on any atom is 0.407 e. The number of amides is 4. The summed E-state index contributed by atoms with van der Waals surface area (Å²) in [6.07, 6.45) is 1.92. The number of carbonyl (C=O) groups excluding carboxylic acids is 4. The number of ether oxygens (including phenoxy) is 2. The summed E-state index contributed by atoms with van der Waals surface area (Å²) < 4.78 is 9.50. The van der Waals surface area contributed by atoms with E-state index in [1.54, 1.807) is 9.80 Å². The molecule has 4 N–H and O–H groups in total. The first-order valence-corrected chi connectivity index (χ1v) is 17.8. The van der Waals surface area contributed by atoms with E-state index in [1.807, 2.05) is 64.1 Å². The SMILES string of the molecule is COC(=O)NC(C(=O)N1CCC[C@H]1c1nc2ccc(C#Cc3ccc4nc([C@@H]5CCCN5C(=O)[C@@H](NC(=O)OC)C(C)C)[nH]c4c3)cc2[nH]1)C(C)C. The average molecular weight is 711 g/mol. The molecule has 52 heavy (non-hydrogen) atoms. The number of methoxy groups -OCH3 is 2. The molecule has 4 atom stereocenters. The van der Waals surface area contributed by atoms with E-state index in [-0.39, 0.29) is 35.7 Å². The molecular weight excluding hydrogens is 664 g/mol. The summed E-state index contributed by atoms with van der Waals surface area (Å²) in [5, 5.41) is 5.37. The highest BCUT2D eigenvalue weighted by Gasteiger charge is 2.39. The third-order valence-corrected chi connectivity index (χ3v) is 9.84. The highest BCUT2D eigenvalue weighted by molar-refractivity contribution is 5.87. The van der Waals surface area contributed by atoms with Crippen LogP contribution in [0.3, 0.4) is 0 Å². The van der Waals surface area contributed by atoms with Gasteiger partial charge in [0.15, 0.2) is 0 Å². The highest BCUT2D eigenvalue weighted by Crippen LogP contribution is 2.34. The second-order valence-corrected chi connectivity index (χ2v) is 14.1. The van der Waals surface area contributed by atoms with E-state index in [0.29, 0.717) is 24.7 Å². The van der Waals surface area contributed by atoms with Gasteiger partial charge in [0.2, 0.25) is 11.8 Å². The minimum atomic E-state index is -0.701. The molecule has 4 aromatic rings. The molecule has 2 aromatic carbocycles. The standard InChI is InChI=1S/C38H46N8O6/c1-21(2)31(43-37(49)51-5)35(47)45-17-7-9-29(45)33-39-25-15-13-23(19-27(25)41-33)11-12-24-14-16-26-28(20-24)42-34(40-26)30-10-8-18-46(30)36(48)32(22(3)4)44-38(50)52-6/h13-16,19-22,29-32H,7-10,17-18H2,1-6H3,(H,39,41)(H,40,42)(H,43,49)(H,44,50)/t29-,30-,31-,32?/m0/s1. The Balaban J connectivity index is 1.17. The second kappa shape index (κ2) is 15.3. The molecular formula is C38H46N8O6. The van der Waals surface area contributed by atoms with E-state index in [4.69, 9.17) is 19.4 Å². The van der Waals surface area contributed by atoms with Crippen LogP contribution in [0.5, 0.6) is 0 Å². The first-order chi connectivity index (χ1) is 25.0. The summed E-state index contributed by atoms with van der Waals surface area (Å²) >= 11 is 0. The van der Waals surface area contributed by atoms with Crippen molar-refractivity contribution in [3.8, 4) is 11.8 Å². The lowest BCUT2D eigenvalue weighted by Crippen LogP contribution is -2.51. The lowest BCUT2D eigenvalue weighted by molar-refractivity contribution is -0.136. The second-order valence-electron chi connectivity index (χ2n) is 14.1. The van der Waals surface area contributed by atoms with Gasteiger partial charge in [0, 0.05) is 24.2 Å². The number of carbonyl (C=O) groups is 4. The van der Waals surface area contributed by atoms with E-state index in [9.17, 15) is 19.2 Å². The first-order valence-electron chi connectivity index (χ1n) is 17.8. The minimum absolute atomic E-state index is 0.116.